The summed E-state index contributed by atoms with van der Waals surface area (Å²) in [7, 11) is 0. The third-order valence-corrected chi connectivity index (χ3v) is 6.68. The van der Waals surface area contributed by atoms with Gasteiger partial charge in [-0.05, 0) is 50.8 Å². The highest BCUT2D eigenvalue weighted by Crippen LogP contribution is 2.38. The maximum Gasteiger partial charge on any atom is 0.159 e. The third-order valence-electron chi connectivity index (χ3n) is 6.26. The maximum atomic E-state index is 14.8. The Bertz CT molecular complexity index is 1050. The van der Waals surface area contributed by atoms with Crippen molar-refractivity contribution >= 4 is 12.6 Å². The van der Waals surface area contributed by atoms with E-state index in [0.29, 0.717) is 17.9 Å². The van der Waals surface area contributed by atoms with Crippen LogP contribution < -0.4 is 5.32 Å². The molecule has 0 radical (unpaired) electrons. The normalized spacial score (nSPS) is 20.2. The Morgan fingerprint density at radius 2 is 1.76 bits per heavy atom. The van der Waals surface area contributed by atoms with Crippen LogP contribution in [-0.4, -0.2) is 35.2 Å². The summed E-state index contributed by atoms with van der Waals surface area (Å²) in [5.74, 6) is -3.19. The van der Waals surface area contributed by atoms with E-state index >= 15 is 0 Å². The molecule has 0 spiro atoms. The van der Waals surface area contributed by atoms with Crippen LogP contribution in [0.4, 0.5) is 17.6 Å². The van der Waals surface area contributed by atoms with E-state index in [2.05, 4.69) is 56.5 Å². The molecular formula is C29H41F4N3S. The van der Waals surface area contributed by atoms with Gasteiger partial charge in [0.05, 0.1) is 23.2 Å². The first-order valence-electron chi connectivity index (χ1n) is 12.4. The van der Waals surface area contributed by atoms with Crippen molar-refractivity contribution in [3.63, 3.8) is 0 Å². The molecule has 1 rings (SSSR count). The number of thiol groups is 1. The van der Waals surface area contributed by atoms with E-state index in [-0.39, 0.29) is 30.5 Å². The van der Waals surface area contributed by atoms with Gasteiger partial charge in [0.1, 0.15) is 17.5 Å². The van der Waals surface area contributed by atoms with Crippen molar-refractivity contribution in [2.24, 2.45) is 5.92 Å². The van der Waals surface area contributed by atoms with Gasteiger partial charge in [-0.2, -0.15) is 0 Å². The minimum Gasteiger partial charge on any atom is -0.379 e. The van der Waals surface area contributed by atoms with Crippen LogP contribution in [0, 0.1) is 5.92 Å². The zero-order chi connectivity index (χ0) is 28.6. The van der Waals surface area contributed by atoms with Crippen LogP contribution in [0.25, 0.3) is 0 Å². The number of nitrogens with zero attached hydrogens (tertiary/aromatic N) is 2. The standard InChI is InChI=1S/C29H41F4N3S/c1-11-22(27(33)23(30)12-2)16-36-21(10)26(19(8)28(17(5)6)35(36)14-4)20(9)34-18(7)15-25(32)29(37)24(31)13-3/h11,13,15,17-18,28,34,37H,3,9-10,12,14,16H2,1-2,4-8H3/b22-11-,25-15+,27-23-,29-24-. The summed E-state index contributed by atoms with van der Waals surface area (Å²) in [6, 6.07) is -0.637. The molecule has 3 nitrogen and oxygen atoms in total. The molecule has 0 aromatic heterocycles. The Hall–Kier alpha value is -2.45. The van der Waals surface area contributed by atoms with Crippen molar-refractivity contribution in [2.45, 2.75) is 67.0 Å². The number of rotatable bonds is 12. The molecule has 0 saturated carbocycles. The average molecular weight is 540 g/mol. The van der Waals surface area contributed by atoms with Crippen molar-refractivity contribution in [2.75, 3.05) is 13.1 Å². The maximum absolute atomic E-state index is 14.8. The molecule has 2 unspecified atom stereocenters. The van der Waals surface area contributed by atoms with Gasteiger partial charge in [0, 0.05) is 29.4 Å². The van der Waals surface area contributed by atoms with Gasteiger partial charge in [0.2, 0.25) is 0 Å². The van der Waals surface area contributed by atoms with Crippen LogP contribution in [0.2, 0.25) is 0 Å². The smallest absolute Gasteiger partial charge is 0.159 e. The Labute approximate surface area is 225 Å². The zero-order valence-corrected chi connectivity index (χ0v) is 24.0. The number of halogens is 4. The summed E-state index contributed by atoms with van der Waals surface area (Å²) in [5.41, 5.74) is 2.98. The molecule has 0 saturated heterocycles. The molecule has 8 heteroatoms. The Morgan fingerprint density at radius 3 is 2.22 bits per heavy atom. The minimum absolute atomic E-state index is 0.0386. The lowest BCUT2D eigenvalue weighted by Crippen LogP contribution is -2.55. The SMILES string of the molecule is C=C/C(F)=C(S)\C(F)=C/C(C)NC(=C)C1=C(C)C(C(C)C)N(CC)N(CC(=C/C)/C(F)=C(/F)CC)C1=C. The number of hydrogen-bond donors (Lipinski definition) is 2. The molecule has 1 heterocycles. The monoisotopic (exact) mass is 539 g/mol. The van der Waals surface area contributed by atoms with Crippen LogP contribution in [0.15, 0.2) is 94.3 Å². The Kier molecular flexibility index (Phi) is 12.7. The predicted octanol–water partition coefficient (Wildman–Crippen LogP) is 8.54. The first kappa shape index (κ1) is 32.6. The number of hydrazine groups is 1. The molecule has 0 aliphatic carbocycles. The highest BCUT2D eigenvalue weighted by atomic mass is 32.1. The topological polar surface area (TPSA) is 18.5 Å². The lowest BCUT2D eigenvalue weighted by Gasteiger charge is -2.49. The second-order valence-electron chi connectivity index (χ2n) is 9.22. The fourth-order valence-corrected chi connectivity index (χ4v) is 4.69. The van der Waals surface area contributed by atoms with Crippen LogP contribution >= 0.6 is 12.6 Å². The van der Waals surface area contributed by atoms with Gasteiger partial charge in [-0.15, -0.1) is 12.6 Å². The summed E-state index contributed by atoms with van der Waals surface area (Å²) in [6.07, 6.45) is 3.61. The van der Waals surface area contributed by atoms with E-state index in [4.69, 9.17) is 0 Å². The highest BCUT2D eigenvalue weighted by Gasteiger charge is 2.37. The fraction of sp³-hybridized carbons (Fsp3) is 0.448. The molecule has 2 atom stereocenters. The molecule has 1 aliphatic rings. The average Bonchev–Trinajstić information content (AvgIpc) is 2.85. The van der Waals surface area contributed by atoms with Gasteiger partial charge in [-0.25, -0.2) is 22.6 Å². The minimum atomic E-state index is -0.865. The summed E-state index contributed by atoms with van der Waals surface area (Å²) >= 11 is 3.88. The molecule has 0 amide bonds. The van der Waals surface area contributed by atoms with Gasteiger partial charge in [0.15, 0.2) is 5.83 Å². The van der Waals surface area contributed by atoms with E-state index in [1.807, 2.05) is 18.9 Å². The van der Waals surface area contributed by atoms with E-state index < -0.39 is 34.3 Å². The van der Waals surface area contributed by atoms with Crippen molar-refractivity contribution in [1.82, 2.24) is 15.3 Å². The lowest BCUT2D eigenvalue weighted by atomic mass is 9.87. The first-order chi connectivity index (χ1) is 17.3. The van der Waals surface area contributed by atoms with Gasteiger partial charge < -0.3 is 10.3 Å². The Morgan fingerprint density at radius 1 is 1.16 bits per heavy atom. The summed E-state index contributed by atoms with van der Waals surface area (Å²) < 4.78 is 57.1. The molecule has 0 aromatic rings. The third kappa shape index (κ3) is 7.77. The Balaban J connectivity index is 3.49. The van der Waals surface area contributed by atoms with Crippen molar-refractivity contribution < 1.29 is 17.6 Å². The van der Waals surface area contributed by atoms with Crippen molar-refractivity contribution in [3.05, 3.63) is 94.3 Å². The summed E-state index contributed by atoms with van der Waals surface area (Å²) in [4.78, 5) is -0.440. The zero-order valence-electron chi connectivity index (χ0n) is 23.1. The van der Waals surface area contributed by atoms with E-state index in [0.717, 1.165) is 17.2 Å². The first-order valence-corrected chi connectivity index (χ1v) is 12.9. The van der Waals surface area contributed by atoms with Gasteiger partial charge in [-0.1, -0.05) is 53.5 Å². The summed E-state index contributed by atoms with van der Waals surface area (Å²) in [6.45, 7) is 25.5. The van der Waals surface area contributed by atoms with E-state index in [1.165, 1.54) is 6.08 Å². The number of allylic oxidation sites excluding steroid dienone is 5. The number of hydrogen-bond acceptors (Lipinski definition) is 4. The van der Waals surface area contributed by atoms with Gasteiger partial charge in [-0.3, -0.25) is 0 Å². The molecule has 37 heavy (non-hydrogen) atoms. The molecule has 0 bridgehead atoms. The molecular weight excluding hydrogens is 498 g/mol. The molecule has 1 aliphatic heterocycles. The van der Waals surface area contributed by atoms with Crippen LogP contribution in [0.1, 0.15) is 54.9 Å². The second-order valence-corrected chi connectivity index (χ2v) is 9.67. The predicted molar refractivity (Wildman–Crippen MR) is 151 cm³/mol. The number of likely N-dealkylation sites (N-methyl/N-ethyl adjacent to an activating group) is 1. The second kappa shape index (κ2) is 14.5. The molecule has 0 aromatic carbocycles. The van der Waals surface area contributed by atoms with Crippen molar-refractivity contribution in [1.29, 1.82) is 0 Å². The van der Waals surface area contributed by atoms with Crippen molar-refractivity contribution in [3.8, 4) is 0 Å². The molecule has 0 fully saturated rings. The van der Waals surface area contributed by atoms with E-state index in [9.17, 15) is 17.6 Å². The summed E-state index contributed by atoms with van der Waals surface area (Å²) in [5, 5.41) is 7.10. The van der Waals surface area contributed by atoms with Crippen LogP contribution in [0.3, 0.4) is 0 Å². The highest BCUT2D eigenvalue weighted by molar-refractivity contribution is 7.84. The largest absolute Gasteiger partial charge is 0.379 e. The van der Waals surface area contributed by atoms with Crippen LogP contribution in [0.5, 0.6) is 0 Å². The van der Waals surface area contributed by atoms with E-state index in [1.54, 1.807) is 26.8 Å². The van der Waals surface area contributed by atoms with Gasteiger partial charge in [0.25, 0.3) is 0 Å². The van der Waals surface area contributed by atoms with Crippen LogP contribution in [-0.2, 0) is 0 Å². The van der Waals surface area contributed by atoms with Gasteiger partial charge >= 0.3 is 0 Å². The quantitative estimate of drug-likeness (QED) is 0.147. The fourth-order valence-electron chi connectivity index (χ4n) is 4.52. The number of nitrogens with one attached hydrogen (secondary N) is 1. The molecule has 206 valence electrons. The lowest BCUT2D eigenvalue weighted by molar-refractivity contribution is -0.0294. The molecule has 1 N–H and O–H groups in total.